The van der Waals surface area contributed by atoms with Crippen LogP contribution in [0.5, 0.6) is 0 Å². The van der Waals surface area contributed by atoms with Crippen LogP contribution in [0.2, 0.25) is 0 Å². The SMILES string of the molecule is O=C(NC1CCC(Br)CC1)c1cc2ccccc2o1. The molecule has 0 bridgehead atoms. The molecule has 0 spiro atoms. The molecule has 19 heavy (non-hydrogen) atoms. The van der Waals surface area contributed by atoms with Gasteiger partial charge in [0, 0.05) is 16.3 Å². The number of carbonyl (C=O) groups is 1. The molecular weight excluding hydrogens is 306 g/mol. The first-order chi connectivity index (χ1) is 9.22. The second kappa shape index (κ2) is 5.37. The zero-order valence-electron chi connectivity index (χ0n) is 10.6. The first-order valence-electron chi connectivity index (χ1n) is 6.66. The summed E-state index contributed by atoms with van der Waals surface area (Å²) in [5.41, 5.74) is 0.761. The number of nitrogens with one attached hydrogen (secondary N) is 1. The average Bonchev–Trinajstić information content (AvgIpc) is 2.85. The predicted octanol–water partition coefficient (Wildman–Crippen LogP) is 3.87. The number of hydrogen-bond donors (Lipinski definition) is 1. The van der Waals surface area contributed by atoms with Gasteiger partial charge in [-0.15, -0.1) is 0 Å². The normalized spacial score (nSPS) is 23.4. The van der Waals surface area contributed by atoms with Gasteiger partial charge in [-0.25, -0.2) is 0 Å². The van der Waals surface area contributed by atoms with Crippen molar-refractivity contribution < 1.29 is 9.21 Å². The van der Waals surface area contributed by atoms with Gasteiger partial charge in [0.25, 0.3) is 5.91 Å². The molecule has 0 saturated heterocycles. The topological polar surface area (TPSA) is 42.2 Å². The first-order valence-corrected chi connectivity index (χ1v) is 7.57. The van der Waals surface area contributed by atoms with Crippen molar-refractivity contribution in [3.05, 3.63) is 36.1 Å². The van der Waals surface area contributed by atoms with E-state index < -0.39 is 0 Å². The molecule has 4 heteroatoms. The molecular formula is C15H16BrNO2. The maximum Gasteiger partial charge on any atom is 0.287 e. The fourth-order valence-corrected chi connectivity index (χ4v) is 3.08. The van der Waals surface area contributed by atoms with Crippen molar-refractivity contribution in [2.45, 2.75) is 36.6 Å². The Morgan fingerprint density at radius 3 is 2.68 bits per heavy atom. The Kier molecular flexibility index (Phi) is 3.60. The predicted molar refractivity (Wildman–Crippen MR) is 78.7 cm³/mol. The van der Waals surface area contributed by atoms with E-state index in [-0.39, 0.29) is 11.9 Å². The van der Waals surface area contributed by atoms with Crippen LogP contribution in [0.1, 0.15) is 36.2 Å². The molecule has 3 rings (SSSR count). The molecule has 1 heterocycles. The molecule has 1 aliphatic carbocycles. The Morgan fingerprint density at radius 2 is 1.95 bits per heavy atom. The van der Waals surface area contributed by atoms with Crippen molar-refractivity contribution in [2.24, 2.45) is 0 Å². The number of alkyl halides is 1. The second-order valence-corrected chi connectivity index (χ2v) is 6.37. The van der Waals surface area contributed by atoms with Crippen LogP contribution in [0.25, 0.3) is 11.0 Å². The zero-order valence-corrected chi connectivity index (χ0v) is 12.2. The van der Waals surface area contributed by atoms with Crippen molar-refractivity contribution in [2.75, 3.05) is 0 Å². The monoisotopic (exact) mass is 321 g/mol. The van der Waals surface area contributed by atoms with Crippen LogP contribution >= 0.6 is 15.9 Å². The number of hydrogen-bond acceptors (Lipinski definition) is 2. The average molecular weight is 322 g/mol. The lowest BCUT2D eigenvalue weighted by Gasteiger charge is -2.25. The first kappa shape index (κ1) is 12.7. The molecule has 100 valence electrons. The number of amides is 1. The van der Waals surface area contributed by atoms with E-state index >= 15 is 0 Å². The molecule has 1 amide bonds. The number of benzene rings is 1. The molecule has 3 nitrogen and oxygen atoms in total. The summed E-state index contributed by atoms with van der Waals surface area (Å²) in [6.07, 6.45) is 4.29. The second-order valence-electron chi connectivity index (χ2n) is 5.07. The number of carbonyl (C=O) groups excluding carboxylic acids is 1. The summed E-state index contributed by atoms with van der Waals surface area (Å²) in [6, 6.07) is 9.76. The van der Waals surface area contributed by atoms with E-state index in [2.05, 4.69) is 21.2 Å². The van der Waals surface area contributed by atoms with Gasteiger partial charge in [0.1, 0.15) is 5.58 Å². The Hall–Kier alpha value is -1.29. The molecule has 0 radical (unpaired) electrons. The standard InChI is InChI=1S/C15H16BrNO2/c16-11-5-7-12(8-6-11)17-15(18)14-9-10-3-1-2-4-13(10)19-14/h1-4,9,11-12H,5-8H2,(H,17,18). The Morgan fingerprint density at radius 1 is 1.21 bits per heavy atom. The van der Waals surface area contributed by atoms with Gasteiger partial charge in [-0.05, 0) is 37.8 Å². The summed E-state index contributed by atoms with van der Waals surface area (Å²) in [5.74, 6) is 0.302. The van der Waals surface area contributed by atoms with E-state index in [1.807, 2.05) is 24.3 Å². The Balaban J connectivity index is 1.70. The van der Waals surface area contributed by atoms with Gasteiger partial charge in [0.15, 0.2) is 5.76 Å². The van der Waals surface area contributed by atoms with Crippen LogP contribution in [-0.4, -0.2) is 16.8 Å². The minimum absolute atomic E-state index is 0.103. The third-order valence-electron chi connectivity index (χ3n) is 3.64. The number of halogens is 1. The minimum atomic E-state index is -0.103. The van der Waals surface area contributed by atoms with Crippen LogP contribution < -0.4 is 5.32 Å². The van der Waals surface area contributed by atoms with Gasteiger partial charge in [-0.3, -0.25) is 4.79 Å². The van der Waals surface area contributed by atoms with Gasteiger partial charge in [-0.2, -0.15) is 0 Å². The Bertz CT molecular complexity index is 552. The van der Waals surface area contributed by atoms with Gasteiger partial charge < -0.3 is 9.73 Å². The number of para-hydroxylation sites is 1. The number of rotatable bonds is 2. The van der Waals surface area contributed by atoms with Crippen LogP contribution in [0.4, 0.5) is 0 Å². The molecule has 0 unspecified atom stereocenters. The molecule has 1 saturated carbocycles. The third-order valence-corrected chi connectivity index (χ3v) is 4.56. The number of furan rings is 1. The molecule has 0 atom stereocenters. The molecule has 2 aromatic rings. The molecule has 1 aromatic carbocycles. The summed E-state index contributed by atoms with van der Waals surface area (Å²) < 4.78 is 5.57. The molecule has 0 aliphatic heterocycles. The number of fused-ring (bicyclic) bond motifs is 1. The quantitative estimate of drug-likeness (QED) is 0.853. The van der Waals surface area contributed by atoms with E-state index in [1.165, 1.54) is 0 Å². The van der Waals surface area contributed by atoms with Crippen LogP contribution in [0, 0.1) is 0 Å². The van der Waals surface area contributed by atoms with Gasteiger partial charge >= 0.3 is 0 Å². The van der Waals surface area contributed by atoms with E-state index in [9.17, 15) is 4.79 Å². The third kappa shape index (κ3) is 2.84. The molecule has 1 aromatic heterocycles. The van der Waals surface area contributed by atoms with Crippen LogP contribution in [-0.2, 0) is 0 Å². The lowest BCUT2D eigenvalue weighted by atomic mass is 9.95. The summed E-state index contributed by atoms with van der Waals surface area (Å²) in [5, 5.41) is 4.03. The zero-order chi connectivity index (χ0) is 13.2. The van der Waals surface area contributed by atoms with Crippen LogP contribution in [0.3, 0.4) is 0 Å². The highest BCUT2D eigenvalue weighted by atomic mass is 79.9. The fraction of sp³-hybridized carbons (Fsp3) is 0.400. The maximum absolute atomic E-state index is 12.1. The van der Waals surface area contributed by atoms with E-state index in [4.69, 9.17) is 4.42 Å². The molecule has 1 fully saturated rings. The maximum atomic E-state index is 12.1. The van der Waals surface area contributed by atoms with Gasteiger partial charge in [-0.1, -0.05) is 34.1 Å². The van der Waals surface area contributed by atoms with E-state index in [1.54, 1.807) is 6.07 Å². The van der Waals surface area contributed by atoms with Crippen molar-refractivity contribution >= 4 is 32.8 Å². The van der Waals surface area contributed by atoms with Crippen molar-refractivity contribution in [3.63, 3.8) is 0 Å². The summed E-state index contributed by atoms with van der Waals surface area (Å²) in [4.78, 5) is 12.8. The highest BCUT2D eigenvalue weighted by molar-refractivity contribution is 9.09. The summed E-state index contributed by atoms with van der Waals surface area (Å²) in [7, 11) is 0. The summed E-state index contributed by atoms with van der Waals surface area (Å²) in [6.45, 7) is 0. The van der Waals surface area contributed by atoms with E-state index in [0.717, 1.165) is 36.7 Å². The molecule has 1 N–H and O–H groups in total. The highest BCUT2D eigenvalue weighted by Crippen LogP contribution is 2.25. The van der Waals surface area contributed by atoms with E-state index in [0.29, 0.717) is 10.6 Å². The minimum Gasteiger partial charge on any atom is -0.451 e. The van der Waals surface area contributed by atoms with Crippen molar-refractivity contribution in [1.82, 2.24) is 5.32 Å². The smallest absolute Gasteiger partial charge is 0.287 e. The lowest BCUT2D eigenvalue weighted by Crippen LogP contribution is -2.37. The van der Waals surface area contributed by atoms with Gasteiger partial charge in [0.2, 0.25) is 0 Å². The fourth-order valence-electron chi connectivity index (χ4n) is 2.55. The van der Waals surface area contributed by atoms with Crippen molar-refractivity contribution in [3.8, 4) is 0 Å². The summed E-state index contributed by atoms with van der Waals surface area (Å²) >= 11 is 3.62. The van der Waals surface area contributed by atoms with Gasteiger partial charge in [0.05, 0.1) is 0 Å². The van der Waals surface area contributed by atoms with Crippen molar-refractivity contribution in [1.29, 1.82) is 0 Å². The Labute approximate surface area is 120 Å². The lowest BCUT2D eigenvalue weighted by molar-refractivity contribution is 0.0902. The van der Waals surface area contributed by atoms with Crippen LogP contribution in [0.15, 0.2) is 34.7 Å². The highest BCUT2D eigenvalue weighted by Gasteiger charge is 2.22. The molecule has 1 aliphatic rings. The largest absolute Gasteiger partial charge is 0.451 e.